The van der Waals surface area contributed by atoms with Crippen LogP contribution in [0.15, 0.2) is 33.4 Å². The fourth-order valence-electron chi connectivity index (χ4n) is 2.41. The van der Waals surface area contributed by atoms with E-state index in [0.29, 0.717) is 5.56 Å². The first kappa shape index (κ1) is 14.4. The second-order valence-corrected chi connectivity index (χ2v) is 5.92. The molecular formula is C16H19N5O. The summed E-state index contributed by atoms with van der Waals surface area (Å²) in [5.74, 6) is 0.327. The molecule has 2 N–H and O–H groups in total. The molecule has 6 nitrogen and oxygen atoms in total. The standard InChI is InChI=1S/C16H19N5O/c1-8(2)14-18-16(21-20-14)19-15(22)11-5-6-13-12(7-11)9(3)10(4)17-13/h5-8,14,17H,1-4H3,(H,18,19,22)/t14-/m1/s1. The topological polar surface area (TPSA) is 82.0 Å². The summed E-state index contributed by atoms with van der Waals surface area (Å²) in [6.07, 6.45) is -0.202. The molecule has 1 atom stereocenters. The molecular weight excluding hydrogens is 278 g/mol. The lowest BCUT2D eigenvalue weighted by Gasteiger charge is -2.05. The van der Waals surface area contributed by atoms with Crippen molar-refractivity contribution in [1.82, 2.24) is 10.3 Å². The molecule has 3 rings (SSSR count). The summed E-state index contributed by atoms with van der Waals surface area (Å²) in [7, 11) is 0. The minimum atomic E-state index is -0.220. The van der Waals surface area contributed by atoms with Crippen molar-refractivity contribution in [2.24, 2.45) is 21.1 Å². The molecule has 2 heterocycles. The number of amides is 1. The Balaban J connectivity index is 1.83. The summed E-state index contributed by atoms with van der Waals surface area (Å²) < 4.78 is 0. The van der Waals surface area contributed by atoms with Gasteiger partial charge in [-0.2, -0.15) is 5.11 Å². The van der Waals surface area contributed by atoms with Crippen LogP contribution in [0, 0.1) is 19.8 Å². The van der Waals surface area contributed by atoms with Gasteiger partial charge in [-0.15, -0.1) is 5.11 Å². The van der Waals surface area contributed by atoms with E-state index < -0.39 is 0 Å². The van der Waals surface area contributed by atoms with Crippen molar-refractivity contribution in [3.05, 3.63) is 35.0 Å². The maximum atomic E-state index is 12.3. The van der Waals surface area contributed by atoms with Crippen molar-refractivity contribution in [3.63, 3.8) is 0 Å². The van der Waals surface area contributed by atoms with Gasteiger partial charge in [0, 0.05) is 22.2 Å². The highest BCUT2D eigenvalue weighted by atomic mass is 16.1. The molecule has 1 aromatic heterocycles. The van der Waals surface area contributed by atoms with Crippen molar-refractivity contribution in [2.75, 3.05) is 0 Å². The largest absolute Gasteiger partial charge is 0.358 e. The van der Waals surface area contributed by atoms with Crippen LogP contribution in [0.2, 0.25) is 0 Å². The fourth-order valence-corrected chi connectivity index (χ4v) is 2.41. The zero-order valence-electron chi connectivity index (χ0n) is 13.1. The third kappa shape index (κ3) is 2.52. The quantitative estimate of drug-likeness (QED) is 0.875. The predicted molar refractivity (Wildman–Crippen MR) is 86.2 cm³/mol. The van der Waals surface area contributed by atoms with Crippen LogP contribution in [0.25, 0.3) is 10.9 Å². The third-order valence-corrected chi connectivity index (χ3v) is 3.92. The van der Waals surface area contributed by atoms with Gasteiger partial charge < -0.3 is 4.98 Å². The zero-order valence-corrected chi connectivity index (χ0v) is 13.1. The van der Waals surface area contributed by atoms with Gasteiger partial charge >= 0.3 is 0 Å². The molecule has 0 spiro atoms. The van der Waals surface area contributed by atoms with Crippen LogP contribution in [-0.2, 0) is 0 Å². The molecule has 0 radical (unpaired) electrons. The number of H-pyrrole nitrogens is 1. The second kappa shape index (κ2) is 5.36. The number of guanidine groups is 1. The lowest BCUT2D eigenvalue weighted by molar-refractivity contribution is 0.0977. The van der Waals surface area contributed by atoms with Crippen molar-refractivity contribution in [1.29, 1.82) is 0 Å². The number of nitrogens with one attached hydrogen (secondary N) is 2. The van der Waals surface area contributed by atoms with Gasteiger partial charge in [0.05, 0.1) is 0 Å². The number of aliphatic imine (C=N–C) groups is 1. The summed E-state index contributed by atoms with van der Waals surface area (Å²) >= 11 is 0. The Labute approximate surface area is 128 Å². The molecule has 1 aromatic carbocycles. The van der Waals surface area contributed by atoms with Gasteiger partial charge in [0.15, 0.2) is 6.17 Å². The van der Waals surface area contributed by atoms with E-state index in [0.717, 1.165) is 22.2 Å². The Hall–Kier alpha value is -2.50. The lowest BCUT2D eigenvalue weighted by Crippen LogP contribution is -2.28. The number of carbonyl (C=O) groups is 1. The molecule has 0 fully saturated rings. The molecule has 6 heteroatoms. The summed E-state index contributed by atoms with van der Waals surface area (Å²) in [6, 6.07) is 5.59. The van der Waals surface area contributed by atoms with Crippen molar-refractivity contribution < 1.29 is 4.79 Å². The van der Waals surface area contributed by atoms with Crippen LogP contribution in [0.3, 0.4) is 0 Å². The number of azo groups is 1. The van der Waals surface area contributed by atoms with E-state index in [1.165, 1.54) is 0 Å². The van der Waals surface area contributed by atoms with Gasteiger partial charge in [0.1, 0.15) is 0 Å². The van der Waals surface area contributed by atoms with Crippen LogP contribution >= 0.6 is 0 Å². The summed E-state index contributed by atoms with van der Waals surface area (Å²) in [5.41, 5.74) is 3.88. The van der Waals surface area contributed by atoms with Crippen molar-refractivity contribution >= 4 is 22.8 Å². The Morgan fingerprint density at radius 1 is 1.32 bits per heavy atom. The maximum Gasteiger partial charge on any atom is 0.258 e. The summed E-state index contributed by atoms with van der Waals surface area (Å²) in [4.78, 5) is 19.9. The van der Waals surface area contributed by atoms with Crippen LogP contribution in [-0.4, -0.2) is 23.0 Å². The van der Waals surface area contributed by atoms with Gasteiger partial charge in [0.2, 0.25) is 5.96 Å². The number of hydrogen-bond donors (Lipinski definition) is 2. The molecule has 1 amide bonds. The molecule has 0 saturated heterocycles. The lowest BCUT2D eigenvalue weighted by atomic mass is 10.1. The summed E-state index contributed by atoms with van der Waals surface area (Å²) in [5, 5.41) is 11.7. The average Bonchev–Trinajstić information content (AvgIpc) is 3.05. The molecule has 2 aromatic rings. The maximum absolute atomic E-state index is 12.3. The number of nitrogens with zero attached hydrogens (tertiary/aromatic N) is 3. The first-order chi connectivity index (χ1) is 10.5. The number of fused-ring (bicyclic) bond motifs is 1. The molecule has 1 aliphatic rings. The molecule has 0 saturated carbocycles. The second-order valence-electron chi connectivity index (χ2n) is 5.92. The minimum Gasteiger partial charge on any atom is -0.358 e. The van der Waals surface area contributed by atoms with Crippen LogP contribution in [0.4, 0.5) is 0 Å². The van der Waals surface area contributed by atoms with E-state index in [1.54, 1.807) is 6.07 Å². The van der Waals surface area contributed by atoms with E-state index in [1.807, 2.05) is 39.8 Å². The number of aryl methyl sites for hydroxylation is 2. The van der Waals surface area contributed by atoms with Crippen LogP contribution in [0.1, 0.15) is 35.5 Å². The molecule has 0 unspecified atom stereocenters. The number of hydrogen-bond acceptors (Lipinski definition) is 4. The molecule has 0 aliphatic carbocycles. The Bertz CT molecular complexity index is 800. The highest BCUT2D eigenvalue weighted by Crippen LogP contribution is 2.22. The minimum absolute atomic E-state index is 0.202. The normalized spacial score (nSPS) is 17.3. The monoisotopic (exact) mass is 297 g/mol. The van der Waals surface area contributed by atoms with E-state index in [-0.39, 0.29) is 24.0 Å². The number of aromatic nitrogens is 1. The molecule has 22 heavy (non-hydrogen) atoms. The predicted octanol–water partition coefficient (Wildman–Crippen LogP) is 3.32. The first-order valence-electron chi connectivity index (χ1n) is 7.34. The summed E-state index contributed by atoms with van der Waals surface area (Å²) in [6.45, 7) is 8.10. The number of carbonyl (C=O) groups excluding carboxylic acids is 1. The first-order valence-corrected chi connectivity index (χ1v) is 7.34. The van der Waals surface area contributed by atoms with Crippen molar-refractivity contribution in [2.45, 2.75) is 33.9 Å². The number of rotatable bonds is 2. The van der Waals surface area contributed by atoms with E-state index in [4.69, 9.17) is 0 Å². The van der Waals surface area contributed by atoms with Gasteiger partial charge in [-0.05, 0) is 43.5 Å². The SMILES string of the molecule is Cc1[nH]c2ccc(C(=O)NC3=N[C@@H](C(C)C)N=N3)cc2c1C. The smallest absolute Gasteiger partial charge is 0.258 e. The number of aromatic amines is 1. The van der Waals surface area contributed by atoms with Crippen LogP contribution in [0.5, 0.6) is 0 Å². The molecule has 1 aliphatic heterocycles. The molecule has 114 valence electrons. The Kier molecular flexibility index (Phi) is 3.52. The van der Waals surface area contributed by atoms with Gasteiger partial charge in [-0.3, -0.25) is 10.1 Å². The van der Waals surface area contributed by atoms with E-state index in [9.17, 15) is 4.79 Å². The van der Waals surface area contributed by atoms with Gasteiger partial charge in [-0.1, -0.05) is 13.8 Å². The van der Waals surface area contributed by atoms with Crippen LogP contribution < -0.4 is 5.32 Å². The highest BCUT2D eigenvalue weighted by molar-refractivity contribution is 6.07. The van der Waals surface area contributed by atoms with Crippen molar-refractivity contribution in [3.8, 4) is 0 Å². The Morgan fingerprint density at radius 3 is 2.77 bits per heavy atom. The average molecular weight is 297 g/mol. The van der Waals surface area contributed by atoms with E-state index >= 15 is 0 Å². The highest BCUT2D eigenvalue weighted by Gasteiger charge is 2.19. The van der Waals surface area contributed by atoms with Gasteiger partial charge in [-0.25, -0.2) is 4.99 Å². The van der Waals surface area contributed by atoms with E-state index in [2.05, 4.69) is 25.5 Å². The molecule has 0 bridgehead atoms. The zero-order chi connectivity index (χ0) is 15.9. The number of benzene rings is 1. The fraction of sp³-hybridized carbons (Fsp3) is 0.375. The third-order valence-electron chi connectivity index (χ3n) is 3.92. The van der Waals surface area contributed by atoms with Gasteiger partial charge in [0.25, 0.3) is 5.91 Å². The Morgan fingerprint density at radius 2 is 2.09 bits per heavy atom.